The van der Waals surface area contributed by atoms with Crippen LogP contribution < -0.4 is 10.1 Å². The van der Waals surface area contributed by atoms with E-state index in [0.29, 0.717) is 6.54 Å². The van der Waals surface area contributed by atoms with Crippen molar-refractivity contribution in [1.29, 1.82) is 0 Å². The summed E-state index contributed by atoms with van der Waals surface area (Å²) in [6, 6.07) is 15.6. The lowest BCUT2D eigenvalue weighted by Gasteiger charge is -2.18. The molecule has 5 heteroatoms. The number of carbonyl (C=O) groups excluding carboxylic acids is 1. The summed E-state index contributed by atoms with van der Waals surface area (Å²) in [6.07, 6.45) is 1.69. The average molecular weight is 353 g/mol. The van der Waals surface area contributed by atoms with Crippen LogP contribution in [-0.2, 0) is 16.8 Å². The Bertz CT molecular complexity index is 878. The van der Waals surface area contributed by atoms with Crippen LogP contribution in [0.2, 0.25) is 0 Å². The second kappa shape index (κ2) is 6.41. The van der Waals surface area contributed by atoms with Crippen molar-refractivity contribution in [1.82, 2.24) is 5.32 Å². The van der Waals surface area contributed by atoms with Crippen molar-refractivity contribution in [3.05, 3.63) is 65.2 Å². The van der Waals surface area contributed by atoms with Crippen molar-refractivity contribution in [3.63, 3.8) is 0 Å². The van der Waals surface area contributed by atoms with Gasteiger partial charge in [0, 0.05) is 5.56 Å². The Morgan fingerprint density at radius 2 is 2.04 bits per heavy atom. The first kappa shape index (κ1) is 16.0. The second-order valence-electron chi connectivity index (χ2n) is 6.21. The molecule has 1 saturated carbocycles. The maximum Gasteiger partial charge on any atom is 0.231 e. The van der Waals surface area contributed by atoms with Crippen molar-refractivity contribution in [3.8, 4) is 16.4 Å². The number of nitrogens with one attached hydrogen (secondary N) is 1. The van der Waals surface area contributed by atoms with Gasteiger partial charge in [0.1, 0.15) is 17.3 Å². The largest absolute Gasteiger partial charge is 0.496 e. The topological polar surface area (TPSA) is 51.5 Å². The number of hydrogen-bond donors (Lipinski definition) is 1. The Morgan fingerprint density at radius 3 is 2.76 bits per heavy atom. The van der Waals surface area contributed by atoms with Gasteiger partial charge in [-0.05, 0) is 42.5 Å². The van der Waals surface area contributed by atoms with E-state index in [9.17, 15) is 4.79 Å². The van der Waals surface area contributed by atoms with Crippen LogP contribution in [-0.4, -0.2) is 13.0 Å². The summed E-state index contributed by atoms with van der Waals surface area (Å²) in [4.78, 5) is 13.9. The highest BCUT2D eigenvalue weighted by Gasteiger charge is 2.52. The molecule has 2 aromatic heterocycles. The number of methoxy groups -OCH3 is 1. The third-order valence-corrected chi connectivity index (χ3v) is 5.54. The van der Waals surface area contributed by atoms with Crippen molar-refractivity contribution in [2.45, 2.75) is 24.8 Å². The number of rotatable bonds is 6. The highest BCUT2D eigenvalue weighted by molar-refractivity contribution is 7.13. The molecule has 1 aromatic carbocycles. The fourth-order valence-electron chi connectivity index (χ4n) is 3.14. The zero-order chi connectivity index (χ0) is 17.3. The molecule has 0 bridgehead atoms. The van der Waals surface area contributed by atoms with Crippen LogP contribution >= 0.6 is 11.3 Å². The Kier molecular flexibility index (Phi) is 4.09. The van der Waals surface area contributed by atoms with E-state index in [-0.39, 0.29) is 5.91 Å². The van der Waals surface area contributed by atoms with Crippen molar-refractivity contribution >= 4 is 17.2 Å². The van der Waals surface area contributed by atoms with Gasteiger partial charge >= 0.3 is 0 Å². The summed E-state index contributed by atoms with van der Waals surface area (Å²) < 4.78 is 11.3. The van der Waals surface area contributed by atoms with E-state index in [1.54, 1.807) is 18.4 Å². The molecule has 0 saturated heterocycles. The average Bonchev–Trinajstić information content (AvgIpc) is 3.06. The number of thiophene rings is 1. The Hall–Kier alpha value is -2.53. The number of hydrogen-bond acceptors (Lipinski definition) is 4. The molecule has 2 heterocycles. The lowest BCUT2D eigenvalue weighted by Crippen LogP contribution is -2.34. The molecule has 0 unspecified atom stereocenters. The summed E-state index contributed by atoms with van der Waals surface area (Å²) >= 11 is 1.63. The maximum atomic E-state index is 12.8. The standard InChI is InChI=1S/C20H19NO3S/c1-23-16-6-3-2-5-15(16)20(10-11-20)19(22)21-13-14-8-9-17(24-14)18-7-4-12-25-18/h2-9,12H,10-11,13H2,1H3,(H,21,22). The molecule has 0 atom stereocenters. The van der Waals surface area contributed by atoms with Crippen LogP contribution in [0.25, 0.3) is 10.6 Å². The third-order valence-electron chi connectivity index (χ3n) is 4.66. The van der Waals surface area contributed by atoms with Crippen LogP contribution in [0, 0.1) is 0 Å². The molecular formula is C20H19NO3S. The fraction of sp³-hybridized carbons (Fsp3) is 0.250. The normalized spacial score (nSPS) is 14.9. The van der Waals surface area contributed by atoms with E-state index in [2.05, 4.69) is 5.32 Å². The van der Waals surface area contributed by atoms with Crippen molar-refractivity contribution < 1.29 is 13.9 Å². The van der Waals surface area contributed by atoms with Gasteiger partial charge in [-0.15, -0.1) is 11.3 Å². The second-order valence-corrected chi connectivity index (χ2v) is 7.16. The smallest absolute Gasteiger partial charge is 0.231 e. The zero-order valence-corrected chi connectivity index (χ0v) is 14.8. The summed E-state index contributed by atoms with van der Waals surface area (Å²) in [5, 5.41) is 5.04. The molecule has 0 aliphatic heterocycles. The summed E-state index contributed by atoms with van der Waals surface area (Å²) in [5.41, 5.74) is 0.504. The third kappa shape index (κ3) is 2.96. The zero-order valence-electron chi connectivity index (χ0n) is 14.0. The van der Waals surface area contributed by atoms with Gasteiger partial charge < -0.3 is 14.5 Å². The molecular weight excluding hydrogens is 334 g/mol. The first-order valence-electron chi connectivity index (χ1n) is 8.27. The number of furan rings is 1. The predicted octanol–water partition coefficient (Wildman–Crippen LogP) is 4.36. The highest BCUT2D eigenvalue weighted by Crippen LogP contribution is 2.51. The van der Waals surface area contributed by atoms with Crippen LogP contribution in [0.5, 0.6) is 5.75 Å². The quantitative estimate of drug-likeness (QED) is 0.716. The molecule has 0 spiro atoms. The van der Waals surface area contributed by atoms with Gasteiger partial charge in [-0.3, -0.25) is 4.79 Å². The SMILES string of the molecule is COc1ccccc1C1(C(=O)NCc2ccc(-c3cccs3)o2)CC1. The van der Waals surface area contributed by atoms with E-state index < -0.39 is 5.41 Å². The fourth-order valence-corrected chi connectivity index (χ4v) is 3.83. The molecule has 1 amide bonds. The molecule has 1 aliphatic carbocycles. The predicted molar refractivity (Wildman–Crippen MR) is 97.8 cm³/mol. The number of para-hydroxylation sites is 1. The minimum absolute atomic E-state index is 0.0334. The molecule has 4 rings (SSSR count). The van der Waals surface area contributed by atoms with Gasteiger partial charge in [-0.1, -0.05) is 24.3 Å². The van der Waals surface area contributed by atoms with Crippen LogP contribution in [0.15, 0.2) is 58.3 Å². The maximum absolute atomic E-state index is 12.8. The molecule has 4 nitrogen and oxygen atoms in total. The van der Waals surface area contributed by atoms with E-state index >= 15 is 0 Å². The van der Waals surface area contributed by atoms with Crippen LogP contribution in [0.3, 0.4) is 0 Å². The number of carbonyl (C=O) groups is 1. The number of ether oxygens (including phenoxy) is 1. The van der Waals surface area contributed by atoms with E-state index in [1.807, 2.05) is 53.9 Å². The molecule has 128 valence electrons. The lowest BCUT2D eigenvalue weighted by atomic mass is 9.94. The van der Waals surface area contributed by atoms with Gasteiger partial charge in [-0.2, -0.15) is 0 Å². The number of benzene rings is 1. The van der Waals surface area contributed by atoms with Crippen LogP contribution in [0.1, 0.15) is 24.2 Å². The lowest BCUT2D eigenvalue weighted by molar-refractivity contribution is -0.123. The van der Waals surface area contributed by atoms with E-state index in [1.165, 1.54) is 0 Å². The van der Waals surface area contributed by atoms with Gasteiger partial charge in [0.2, 0.25) is 5.91 Å². The first-order valence-corrected chi connectivity index (χ1v) is 9.15. The number of amides is 1. The van der Waals surface area contributed by atoms with Gasteiger partial charge in [0.05, 0.1) is 23.9 Å². The molecule has 3 aromatic rings. The van der Waals surface area contributed by atoms with Gasteiger partial charge in [0.15, 0.2) is 0 Å². The summed E-state index contributed by atoms with van der Waals surface area (Å²) in [7, 11) is 1.64. The first-order chi connectivity index (χ1) is 12.2. The van der Waals surface area contributed by atoms with Gasteiger partial charge in [-0.25, -0.2) is 0 Å². The summed E-state index contributed by atoms with van der Waals surface area (Å²) in [5.74, 6) is 2.40. The highest BCUT2D eigenvalue weighted by atomic mass is 32.1. The molecule has 1 N–H and O–H groups in total. The Labute approximate surface area is 150 Å². The van der Waals surface area contributed by atoms with Crippen LogP contribution in [0.4, 0.5) is 0 Å². The van der Waals surface area contributed by atoms with Gasteiger partial charge in [0.25, 0.3) is 0 Å². The molecule has 25 heavy (non-hydrogen) atoms. The van der Waals surface area contributed by atoms with E-state index in [0.717, 1.165) is 40.6 Å². The Morgan fingerprint density at radius 1 is 1.20 bits per heavy atom. The Balaban J connectivity index is 1.46. The molecule has 1 fully saturated rings. The monoisotopic (exact) mass is 353 g/mol. The van der Waals surface area contributed by atoms with Crippen molar-refractivity contribution in [2.75, 3.05) is 7.11 Å². The minimum Gasteiger partial charge on any atom is -0.496 e. The van der Waals surface area contributed by atoms with Crippen molar-refractivity contribution in [2.24, 2.45) is 0 Å². The van der Waals surface area contributed by atoms with E-state index in [4.69, 9.17) is 9.15 Å². The molecule has 1 aliphatic rings. The summed E-state index contributed by atoms with van der Waals surface area (Å²) in [6.45, 7) is 0.390. The minimum atomic E-state index is -0.463. The molecule has 0 radical (unpaired) electrons.